The molecule has 0 atom stereocenters. The van der Waals surface area contributed by atoms with Crippen LogP contribution in [-0.2, 0) is 4.57 Å². The Kier molecular flexibility index (Phi) is 3.15. The van der Waals surface area contributed by atoms with Crippen LogP contribution in [0.5, 0.6) is 0 Å². The van der Waals surface area contributed by atoms with E-state index >= 15 is 0 Å². The van der Waals surface area contributed by atoms with E-state index in [4.69, 9.17) is 14.4 Å². The van der Waals surface area contributed by atoms with Gasteiger partial charge in [0.1, 0.15) is 0 Å². The second kappa shape index (κ2) is 3.93. The molecule has 5 heteroatoms. The molecule has 0 aliphatic carbocycles. The smallest absolute Gasteiger partial charge is 0.314 e. The van der Waals surface area contributed by atoms with Crippen molar-refractivity contribution in [1.82, 2.24) is 0 Å². The fourth-order valence-corrected chi connectivity index (χ4v) is 1.23. The van der Waals surface area contributed by atoms with E-state index in [9.17, 15) is 0 Å². The predicted octanol–water partition coefficient (Wildman–Crippen LogP) is 1.51. The van der Waals surface area contributed by atoms with Gasteiger partial charge in [-0.15, -0.1) is 0 Å². The second-order valence-electron chi connectivity index (χ2n) is 1.83. The van der Waals surface area contributed by atoms with Crippen molar-refractivity contribution in [2.45, 2.75) is 9.79 Å². The highest BCUT2D eigenvalue weighted by molar-refractivity contribution is 8.04. The molecule has 0 spiro atoms. The zero-order chi connectivity index (χ0) is 8.27. The standard InChI is InChI=1S/C6H4S.H3O3P/c1-2-4-6-5(3-1)7-6;1-4(2)3/h1-4H;4H,(H2,1,2,3). The number of rotatable bonds is 0. The summed E-state index contributed by atoms with van der Waals surface area (Å²) in [6.07, 6.45) is 0. The Morgan fingerprint density at radius 3 is 1.82 bits per heavy atom. The second-order valence-corrected chi connectivity index (χ2v) is 3.48. The van der Waals surface area contributed by atoms with E-state index in [1.807, 2.05) is 11.8 Å². The largest absolute Gasteiger partial charge is 0.326 e. The van der Waals surface area contributed by atoms with Crippen LogP contribution in [0.15, 0.2) is 34.1 Å². The Labute approximate surface area is 69.0 Å². The van der Waals surface area contributed by atoms with Crippen LogP contribution >= 0.6 is 20.0 Å². The van der Waals surface area contributed by atoms with Gasteiger partial charge in [-0.25, -0.2) is 0 Å². The van der Waals surface area contributed by atoms with E-state index in [2.05, 4.69) is 24.3 Å². The van der Waals surface area contributed by atoms with Crippen LogP contribution in [0, 0.1) is 0 Å². The van der Waals surface area contributed by atoms with E-state index in [-0.39, 0.29) is 0 Å². The van der Waals surface area contributed by atoms with E-state index in [1.165, 1.54) is 9.79 Å². The van der Waals surface area contributed by atoms with Crippen molar-refractivity contribution in [2.24, 2.45) is 0 Å². The third-order valence-corrected chi connectivity index (χ3v) is 1.98. The summed E-state index contributed by atoms with van der Waals surface area (Å²) in [7, 11) is -3.13. The number of fused-ring (bicyclic) bond motifs is 1. The quantitative estimate of drug-likeness (QED) is 0.488. The van der Waals surface area contributed by atoms with Gasteiger partial charge in [-0.2, -0.15) is 0 Å². The first-order valence-electron chi connectivity index (χ1n) is 2.89. The van der Waals surface area contributed by atoms with Crippen molar-refractivity contribution < 1.29 is 14.4 Å². The Morgan fingerprint density at radius 2 is 1.55 bits per heavy atom. The lowest BCUT2D eigenvalue weighted by atomic mass is 10.4. The van der Waals surface area contributed by atoms with Gasteiger partial charge in [-0.05, 0) is 12.1 Å². The number of hydrogen-bond acceptors (Lipinski definition) is 2. The lowest BCUT2D eigenvalue weighted by molar-refractivity contribution is 0.405. The zero-order valence-electron chi connectivity index (χ0n) is 5.52. The van der Waals surface area contributed by atoms with Crippen LogP contribution in [0.2, 0.25) is 0 Å². The third-order valence-electron chi connectivity index (χ3n) is 1.03. The molecule has 0 radical (unpaired) electrons. The predicted molar refractivity (Wildman–Crippen MR) is 44.0 cm³/mol. The highest BCUT2D eigenvalue weighted by atomic mass is 32.2. The summed E-state index contributed by atoms with van der Waals surface area (Å²) in [5.41, 5.74) is 0. The highest BCUT2D eigenvalue weighted by Crippen LogP contribution is 2.47. The Morgan fingerprint density at radius 1 is 1.18 bits per heavy atom. The molecule has 0 aromatic heterocycles. The van der Waals surface area contributed by atoms with Gasteiger partial charge in [0.2, 0.25) is 0 Å². The summed E-state index contributed by atoms with van der Waals surface area (Å²) in [6.45, 7) is 0. The summed E-state index contributed by atoms with van der Waals surface area (Å²) in [4.78, 5) is 17.2. The maximum atomic E-state index is 8.74. The molecule has 2 rings (SSSR count). The summed E-state index contributed by atoms with van der Waals surface area (Å²) < 4.78 is 8.74. The maximum absolute atomic E-state index is 8.74. The molecule has 1 aliphatic heterocycles. The molecule has 0 unspecified atom stereocenters. The van der Waals surface area contributed by atoms with Gasteiger partial charge in [-0.3, -0.25) is 4.57 Å². The van der Waals surface area contributed by atoms with Crippen LogP contribution < -0.4 is 0 Å². The Balaban J connectivity index is 0.000000134. The molecule has 0 saturated heterocycles. The van der Waals surface area contributed by atoms with Crippen LogP contribution in [0.3, 0.4) is 0 Å². The van der Waals surface area contributed by atoms with E-state index in [0.29, 0.717) is 0 Å². The topological polar surface area (TPSA) is 57.5 Å². The van der Waals surface area contributed by atoms with Gasteiger partial charge < -0.3 is 9.79 Å². The normalized spacial score (nSPS) is 11.5. The first-order chi connectivity index (χ1) is 5.20. The molecule has 1 aromatic carbocycles. The Hall–Kier alpha value is -0.280. The number of hydrogen-bond donors (Lipinski definition) is 2. The highest BCUT2D eigenvalue weighted by Gasteiger charge is 2.14. The van der Waals surface area contributed by atoms with Crippen molar-refractivity contribution in [1.29, 1.82) is 0 Å². The first-order valence-corrected chi connectivity index (χ1v) is 5.01. The third kappa shape index (κ3) is 3.58. The van der Waals surface area contributed by atoms with Crippen molar-refractivity contribution in [3.63, 3.8) is 0 Å². The summed E-state index contributed by atoms with van der Waals surface area (Å²) in [5.74, 6) is 0. The molecular weight excluding hydrogens is 183 g/mol. The molecule has 2 N–H and O–H groups in total. The van der Waals surface area contributed by atoms with Crippen LogP contribution in [0.4, 0.5) is 0 Å². The molecule has 0 bridgehead atoms. The number of benzene rings is 1. The molecule has 3 nitrogen and oxygen atoms in total. The molecule has 1 aromatic rings. The van der Waals surface area contributed by atoms with Gasteiger partial charge in [-0.1, -0.05) is 23.9 Å². The fraction of sp³-hybridized carbons (Fsp3) is 0. The molecular formula is C6H7O3PS. The summed E-state index contributed by atoms with van der Waals surface area (Å²) >= 11 is 1.86. The molecule has 0 amide bonds. The molecule has 0 fully saturated rings. The molecule has 0 saturated carbocycles. The van der Waals surface area contributed by atoms with Crippen molar-refractivity contribution in [3.05, 3.63) is 24.3 Å². The van der Waals surface area contributed by atoms with Gasteiger partial charge in [0, 0.05) is 9.79 Å². The SMILES string of the molecule is O=[PH](O)O.c1ccc2c(c1)S2. The summed E-state index contributed by atoms with van der Waals surface area (Å²) in [5, 5.41) is 0. The molecule has 60 valence electrons. The van der Waals surface area contributed by atoms with E-state index in [1.54, 1.807) is 0 Å². The van der Waals surface area contributed by atoms with Crippen LogP contribution in [0.1, 0.15) is 0 Å². The monoisotopic (exact) mass is 190 g/mol. The van der Waals surface area contributed by atoms with Crippen molar-refractivity contribution in [3.8, 4) is 0 Å². The lowest BCUT2D eigenvalue weighted by Crippen LogP contribution is -1.46. The van der Waals surface area contributed by atoms with Gasteiger partial charge in [0.05, 0.1) is 0 Å². The molecule has 1 aliphatic rings. The van der Waals surface area contributed by atoms with Crippen molar-refractivity contribution >= 4 is 20.0 Å². The minimum atomic E-state index is -3.13. The van der Waals surface area contributed by atoms with Gasteiger partial charge >= 0.3 is 8.25 Å². The maximum Gasteiger partial charge on any atom is 0.314 e. The van der Waals surface area contributed by atoms with E-state index < -0.39 is 8.25 Å². The Bertz CT molecular complexity index is 251. The minimum Gasteiger partial charge on any atom is -0.326 e. The van der Waals surface area contributed by atoms with Crippen LogP contribution in [0.25, 0.3) is 0 Å². The van der Waals surface area contributed by atoms with Crippen LogP contribution in [-0.4, -0.2) is 9.79 Å². The fourth-order valence-electron chi connectivity index (χ4n) is 0.611. The zero-order valence-corrected chi connectivity index (χ0v) is 7.34. The first kappa shape index (κ1) is 8.81. The van der Waals surface area contributed by atoms with E-state index in [0.717, 1.165) is 0 Å². The van der Waals surface area contributed by atoms with Crippen molar-refractivity contribution in [2.75, 3.05) is 0 Å². The van der Waals surface area contributed by atoms with Gasteiger partial charge in [0.25, 0.3) is 0 Å². The lowest BCUT2D eigenvalue weighted by Gasteiger charge is -1.66. The average molecular weight is 190 g/mol. The molecule has 11 heavy (non-hydrogen) atoms. The van der Waals surface area contributed by atoms with Gasteiger partial charge in [0.15, 0.2) is 0 Å². The average Bonchev–Trinajstić information content (AvgIpc) is 2.62. The molecule has 1 heterocycles. The summed E-state index contributed by atoms with van der Waals surface area (Å²) in [6, 6.07) is 8.41. The minimum absolute atomic E-state index is 1.45.